The lowest BCUT2D eigenvalue weighted by atomic mass is 10.1. The molecule has 3 aromatic rings. The summed E-state index contributed by atoms with van der Waals surface area (Å²) < 4.78 is 0. The molecule has 0 amide bonds. The van der Waals surface area contributed by atoms with Crippen molar-refractivity contribution >= 4 is 37.9 Å². The van der Waals surface area contributed by atoms with E-state index in [0.29, 0.717) is 15.2 Å². The van der Waals surface area contributed by atoms with E-state index in [1.165, 1.54) is 16.9 Å². The second-order valence-corrected chi connectivity index (χ2v) is 6.42. The van der Waals surface area contributed by atoms with Gasteiger partial charge in [0.25, 0.3) is 0 Å². The van der Waals surface area contributed by atoms with Gasteiger partial charge in [0.2, 0.25) is 5.43 Å². The zero-order valence-corrected chi connectivity index (χ0v) is 13.5. The molecule has 0 unspecified atom stereocenters. The number of rotatable bonds is 2. The number of pyridine rings is 1. The molecular weight excluding hydrogens is 294 g/mol. The van der Waals surface area contributed by atoms with Gasteiger partial charge >= 0.3 is 0 Å². The summed E-state index contributed by atoms with van der Waals surface area (Å²) in [5, 5.41) is 4.48. The number of benzene rings is 1. The van der Waals surface area contributed by atoms with Gasteiger partial charge < -0.3 is 11.1 Å². The molecule has 0 bridgehead atoms. The monoisotopic (exact) mass is 311 g/mol. The summed E-state index contributed by atoms with van der Waals surface area (Å²) >= 11 is 1.41. The summed E-state index contributed by atoms with van der Waals surface area (Å²) in [4.78, 5) is 17.7. The van der Waals surface area contributed by atoms with Crippen LogP contribution in [0.1, 0.15) is 16.8 Å². The first-order valence-corrected chi connectivity index (χ1v) is 7.81. The molecule has 0 atom stereocenters. The number of nitrogens with zero attached hydrogens (tertiary/aromatic N) is 1. The number of nitrogen functional groups attached to an aromatic ring is 1. The van der Waals surface area contributed by atoms with E-state index in [1.807, 2.05) is 51.1 Å². The molecule has 22 heavy (non-hydrogen) atoms. The highest BCUT2D eigenvalue weighted by atomic mass is 32.1. The van der Waals surface area contributed by atoms with Gasteiger partial charge in [-0.1, -0.05) is 29.0 Å². The number of nitrogens with two attached hydrogens (primary N) is 1. The van der Waals surface area contributed by atoms with Crippen LogP contribution in [0.3, 0.4) is 0 Å². The van der Waals surface area contributed by atoms with Crippen molar-refractivity contribution in [1.82, 2.24) is 4.98 Å². The van der Waals surface area contributed by atoms with E-state index in [4.69, 9.17) is 5.73 Å². The first-order valence-electron chi connectivity index (χ1n) is 7.00. The van der Waals surface area contributed by atoms with Crippen LogP contribution >= 0.6 is 11.3 Å². The fourth-order valence-corrected chi connectivity index (χ4v) is 3.51. The quantitative estimate of drug-likeness (QED) is 0.753. The Bertz CT molecular complexity index is 914. The van der Waals surface area contributed by atoms with Crippen molar-refractivity contribution in [2.24, 2.45) is 0 Å². The molecule has 3 rings (SSSR count). The number of nitrogens with one attached hydrogen (secondary N) is 1. The number of fused-ring (bicyclic) bond motifs is 1. The Morgan fingerprint density at radius 1 is 1.14 bits per heavy atom. The van der Waals surface area contributed by atoms with Crippen molar-refractivity contribution in [2.75, 3.05) is 11.1 Å². The maximum absolute atomic E-state index is 12.5. The molecule has 0 spiro atoms. The zero-order chi connectivity index (χ0) is 15.9. The van der Waals surface area contributed by atoms with Crippen molar-refractivity contribution in [1.29, 1.82) is 0 Å². The number of hydrogen-bond acceptors (Lipinski definition) is 5. The van der Waals surface area contributed by atoms with Crippen LogP contribution in [0.5, 0.6) is 0 Å². The minimum absolute atomic E-state index is 0.159. The van der Waals surface area contributed by atoms with Gasteiger partial charge in [0.1, 0.15) is 15.5 Å². The molecule has 112 valence electrons. The smallest absolute Gasteiger partial charge is 0.214 e. The molecule has 0 saturated heterocycles. The predicted octanol–water partition coefficient (Wildman–Crippen LogP) is 3.91. The minimum atomic E-state index is -0.159. The highest BCUT2D eigenvalue weighted by Crippen LogP contribution is 2.31. The standard InChI is InChI=1S/C17H17N3OS/c1-9-4-6-12(7-5-9)20-17-14(18)15(21)13-10(2)8-11(3)19-16(13)22-17/h4-8,20H,18H2,1-3H3. The Morgan fingerprint density at radius 3 is 2.50 bits per heavy atom. The lowest BCUT2D eigenvalue weighted by Crippen LogP contribution is -2.12. The number of hydrogen-bond donors (Lipinski definition) is 2. The van der Waals surface area contributed by atoms with Crippen LogP contribution in [0.2, 0.25) is 0 Å². The van der Waals surface area contributed by atoms with Gasteiger partial charge in [-0.2, -0.15) is 0 Å². The van der Waals surface area contributed by atoms with Gasteiger partial charge in [0, 0.05) is 11.4 Å². The van der Waals surface area contributed by atoms with Gasteiger partial charge in [-0.15, -0.1) is 0 Å². The van der Waals surface area contributed by atoms with Gasteiger partial charge in [0.15, 0.2) is 0 Å². The Morgan fingerprint density at radius 2 is 1.82 bits per heavy atom. The largest absolute Gasteiger partial charge is 0.393 e. The molecule has 2 aromatic heterocycles. The molecule has 4 nitrogen and oxygen atoms in total. The number of aromatic nitrogens is 1. The summed E-state index contributed by atoms with van der Waals surface area (Å²) in [6.45, 7) is 5.87. The van der Waals surface area contributed by atoms with E-state index < -0.39 is 0 Å². The molecule has 0 aliphatic heterocycles. The maximum atomic E-state index is 12.5. The average Bonchev–Trinajstić information content (AvgIpc) is 2.46. The maximum Gasteiger partial charge on any atom is 0.214 e. The lowest BCUT2D eigenvalue weighted by Gasteiger charge is -2.11. The van der Waals surface area contributed by atoms with E-state index >= 15 is 0 Å². The highest BCUT2D eigenvalue weighted by Gasteiger charge is 2.13. The first-order chi connectivity index (χ1) is 10.5. The molecule has 0 radical (unpaired) electrons. The molecule has 0 aliphatic rings. The normalized spacial score (nSPS) is 10.9. The molecule has 0 fully saturated rings. The molecule has 5 heteroatoms. The third-order valence-electron chi connectivity index (χ3n) is 3.54. The Kier molecular flexibility index (Phi) is 3.58. The van der Waals surface area contributed by atoms with Gasteiger partial charge in [0.05, 0.1) is 5.39 Å². The fourth-order valence-electron chi connectivity index (χ4n) is 2.40. The summed E-state index contributed by atoms with van der Waals surface area (Å²) in [6.07, 6.45) is 0. The van der Waals surface area contributed by atoms with Crippen molar-refractivity contribution in [3.63, 3.8) is 0 Å². The third kappa shape index (κ3) is 2.55. The Labute approximate surface area is 132 Å². The lowest BCUT2D eigenvalue weighted by molar-refractivity contribution is 1.24. The van der Waals surface area contributed by atoms with Crippen LogP contribution in [-0.2, 0) is 0 Å². The number of anilines is 3. The average molecular weight is 311 g/mol. The fraction of sp³-hybridized carbons (Fsp3) is 0.176. The van der Waals surface area contributed by atoms with Crippen LogP contribution in [0.25, 0.3) is 10.2 Å². The molecular formula is C17H17N3OS. The highest BCUT2D eigenvalue weighted by molar-refractivity contribution is 7.22. The van der Waals surface area contributed by atoms with Gasteiger partial charge in [-0.25, -0.2) is 4.98 Å². The molecule has 3 N–H and O–H groups in total. The molecule has 0 aliphatic carbocycles. The summed E-state index contributed by atoms with van der Waals surface area (Å²) in [6, 6.07) is 9.85. The Balaban J connectivity index is 2.16. The van der Waals surface area contributed by atoms with Gasteiger partial charge in [-0.05, 0) is 44.5 Å². The third-order valence-corrected chi connectivity index (χ3v) is 4.55. The van der Waals surface area contributed by atoms with E-state index in [9.17, 15) is 4.79 Å². The molecule has 1 aromatic carbocycles. The Hall–Kier alpha value is -2.40. The summed E-state index contributed by atoms with van der Waals surface area (Å²) in [7, 11) is 0. The van der Waals surface area contributed by atoms with E-state index in [2.05, 4.69) is 10.3 Å². The first kappa shape index (κ1) is 14.5. The van der Waals surface area contributed by atoms with E-state index in [-0.39, 0.29) is 11.1 Å². The SMILES string of the molecule is Cc1ccc(Nc2sc3nc(C)cc(C)c3c(=O)c2N)cc1. The summed E-state index contributed by atoms with van der Waals surface area (Å²) in [5.41, 5.74) is 10.0. The van der Waals surface area contributed by atoms with Crippen LogP contribution in [-0.4, -0.2) is 4.98 Å². The van der Waals surface area contributed by atoms with Gasteiger partial charge in [-0.3, -0.25) is 4.79 Å². The minimum Gasteiger partial charge on any atom is -0.393 e. The van der Waals surface area contributed by atoms with Crippen LogP contribution in [0, 0.1) is 20.8 Å². The number of aryl methyl sites for hydroxylation is 3. The summed E-state index contributed by atoms with van der Waals surface area (Å²) in [5.74, 6) is 0. The van der Waals surface area contributed by atoms with Crippen molar-refractivity contribution in [3.8, 4) is 0 Å². The molecule has 0 saturated carbocycles. The second kappa shape index (κ2) is 5.42. The predicted molar refractivity (Wildman–Crippen MR) is 94.2 cm³/mol. The van der Waals surface area contributed by atoms with Crippen LogP contribution in [0.4, 0.5) is 16.4 Å². The van der Waals surface area contributed by atoms with Crippen molar-refractivity contribution in [3.05, 3.63) is 57.4 Å². The zero-order valence-electron chi connectivity index (χ0n) is 12.7. The molecule has 2 heterocycles. The van der Waals surface area contributed by atoms with E-state index in [1.54, 1.807) is 0 Å². The van der Waals surface area contributed by atoms with Crippen LogP contribution < -0.4 is 16.5 Å². The van der Waals surface area contributed by atoms with E-state index in [0.717, 1.165) is 16.9 Å². The van der Waals surface area contributed by atoms with Crippen molar-refractivity contribution in [2.45, 2.75) is 20.8 Å². The van der Waals surface area contributed by atoms with Crippen LogP contribution in [0.15, 0.2) is 35.1 Å². The van der Waals surface area contributed by atoms with Crippen molar-refractivity contribution < 1.29 is 0 Å². The topological polar surface area (TPSA) is 68.0 Å². The second-order valence-electron chi connectivity index (χ2n) is 5.43.